The van der Waals surface area contributed by atoms with Crippen molar-refractivity contribution in [1.82, 2.24) is 10.1 Å². The summed E-state index contributed by atoms with van der Waals surface area (Å²) in [4.78, 5) is 34.1. The van der Waals surface area contributed by atoms with Crippen molar-refractivity contribution >= 4 is 27.6 Å². The second-order valence-electron chi connectivity index (χ2n) is 7.75. The summed E-state index contributed by atoms with van der Waals surface area (Å²) in [5, 5.41) is 6.22. The van der Waals surface area contributed by atoms with Crippen molar-refractivity contribution < 1.29 is 33.1 Å². The van der Waals surface area contributed by atoms with Crippen LogP contribution in [0.4, 0.5) is 11.6 Å². The Balaban J connectivity index is 1.48. The number of hydrogen-bond donors (Lipinski definition) is 3. The van der Waals surface area contributed by atoms with E-state index >= 15 is 0 Å². The monoisotopic (exact) mass is 528 g/mol. The number of ether oxygens (including phenoxy) is 1. The number of rotatable bonds is 10. The van der Waals surface area contributed by atoms with Crippen LogP contribution in [-0.2, 0) is 22.2 Å². The summed E-state index contributed by atoms with van der Waals surface area (Å²) in [5.74, 6) is 0.703. The minimum absolute atomic E-state index is 0.124. The fraction of sp³-hybridized carbons (Fsp3) is 0.130. The fourth-order valence-electron chi connectivity index (χ4n) is 3.31. The van der Waals surface area contributed by atoms with Gasteiger partial charge in [-0.3, -0.25) is 4.67 Å². The highest BCUT2D eigenvalue weighted by molar-refractivity contribution is 7.53. The minimum Gasteiger partial charge on any atom is -0.573 e. The van der Waals surface area contributed by atoms with Gasteiger partial charge in [-0.25, -0.2) is 9.55 Å². The standard InChI is InChI=1S/C23H22N4O7P2/c1-27(36(30,31)32)22-12-11-20(23(24-22)26-35(28)29)21-14-18(25-34-21)13-16-7-9-19(10-8-16)33-15-17-5-3-2-4-6-17/h2-12,14H,13,15H2,1H3,(H2,30,31,32)(H,24,26,28,29). The smallest absolute Gasteiger partial charge is 0.439 e. The third-order valence-electron chi connectivity index (χ3n) is 5.18. The molecule has 1 atom stereocenters. The molecule has 13 heteroatoms. The molecule has 0 spiro atoms. The van der Waals surface area contributed by atoms with Crippen LogP contribution in [0.15, 0.2) is 77.3 Å². The lowest BCUT2D eigenvalue weighted by molar-refractivity contribution is -0.162. The Kier molecular flexibility index (Phi) is 7.79. The van der Waals surface area contributed by atoms with Crippen LogP contribution in [0.1, 0.15) is 16.8 Å². The van der Waals surface area contributed by atoms with Crippen LogP contribution in [0.3, 0.4) is 0 Å². The molecule has 0 fully saturated rings. The molecule has 0 bridgehead atoms. The molecule has 0 radical (unpaired) electrons. The van der Waals surface area contributed by atoms with Crippen LogP contribution >= 0.6 is 15.9 Å². The zero-order valence-electron chi connectivity index (χ0n) is 19.0. The molecule has 1 unspecified atom stereocenters. The molecule has 2 aromatic heterocycles. The van der Waals surface area contributed by atoms with Crippen LogP contribution in [-0.4, -0.2) is 27.0 Å². The molecule has 0 aliphatic carbocycles. The van der Waals surface area contributed by atoms with Gasteiger partial charge in [-0.1, -0.05) is 47.6 Å². The maximum atomic E-state index is 11.5. The van der Waals surface area contributed by atoms with Crippen molar-refractivity contribution in [2.24, 2.45) is 0 Å². The van der Waals surface area contributed by atoms with Crippen molar-refractivity contribution in [3.05, 3.63) is 89.6 Å². The third kappa shape index (κ3) is 6.54. The summed E-state index contributed by atoms with van der Waals surface area (Å²) in [6.07, 6.45) is 0.452. The van der Waals surface area contributed by atoms with E-state index in [1.54, 1.807) is 6.07 Å². The molecule has 0 amide bonds. The highest BCUT2D eigenvalue weighted by Crippen LogP contribution is 2.43. The molecule has 3 N–H and O–H groups in total. The van der Waals surface area contributed by atoms with Gasteiger partial charge in [0, 0.05) is 19.5 Å². The van der Waals surface area contributed by atoms with E-state index in [0.717, 1.165) is 23.9 Å². The van der Waals surface area contributed by atoms with E-state index in [0.29, 0.717) is 23.4 Å². The lowest BCUT2D eigenvalue weighted by Gasteiger charge is -2.19. The molecule has 11 nitrogen and oxygen atoms in total. The number of hydrogen-bond acceptors (Lipinski definition) is 7. The number of benzene rings is 2. The molecular weight excluding hydrogens is 506 g/mol. The van der Waals surface area contributed by atoms with Gasteiger partial charge in [0.25, 0.3) is 0 Å². The third-order valence-corrected chi connectivity index (χ3v) is 6.56. The highest BCUT2D eigenvalue weighted by Gasteiger charge is 2.25. The van der Waals surface area contributed by atoms with Crippen molar-refractivity contribution in [2.45, 2.75) is 13.0 Å². The molecule has 0 aliphatic rings. The van der Waals surface area contributed by atoms with Gasteiger partial charge in [0.05, 0.1) is 11.3 Å². The van der Waals surface area contributed by atoms with Gasteiger partial charge in [-0.2, -0.15) is 5.09 Å². The lowest BCUT2D eigenvalue weighted by atomic mass is 10.1. The van der Waals surface area contributed by atoms with Gasteiger partial charge in [0.1, 0.15) is 18.2 Å². The van der Waals surface area contributed by atoms with Crippen LogP contribution in [0.25, 0.3) is 11.3 Å². The van der Waals surface area contributed by atoms with E-state index < -0.39 is 15.9 Å². The quantitative estimate of drug-likeness (QED) is 0.256. The van der Waals surface area contributed by atoms with E-state index in [1.807, 2.05) is 54.6 Å². The molecule has 4 rings (SSSR count). The predicted octanol–water partition coefficient (Wildman–Crippen LogP) is 3.86. The number of nitrogens with one attached hydrogen (secondary N) is 1. The lowest BCUT2D eigenvalue weighted by Crippen LogP contribution is -2.15. The summed E-state index contributed by atoms with van der Waals surface area (Å²) in [7, 11) is -6.58. The van der Waals surface area contributed by atoms with Crippen LogP contribution in [0, 0.1) is 0 Å². The first-order valence-corrected chi connectivity index (χ1v) is 13.4. The van der Waals surface area contributed by atoms with Gasteiger partial charge in [0.15, 0.2) is 11.6 Å². The Morgan fingerprint density at radius 1 is 1.08 bits per heavy atom. The molecule has 0 saturated carbocycles. The van der Waals surface area contributed by atoms with Crippen LogP contribution in [0.5, 0.6) is 5.75 Å². The summed E-state index contributed by atoms with van der Waals surface area (Å²) in [6, 6.07) is 21.8. The van der Waals surface area contributed by atoms with Gasteiger partial charge in [-0.05, 0) is 40.0 Å². The first-order valence-electron chi connectivity index (χ1n) is 10.6. The van der Waals surface area contributed by atoms with Crippen molar-refractivity contribution in [1.29, 1.82) is 0 Å². The Bertz CT molecular complexity index is 1390. The number of aromatic nitrogens is 2. The van der Waals surface area contributed by atoms with Crippen LogP contribution in [0.2, 0.25) is 0 Å². The zero-order chi connectivity index (χ0) is 25.7. The van der Waals surface area contributed by atoms with Crippen LogP contribution < -0.4 is 19.4 Å². The summed E-state index contributed by atoms with van der Waals surface area (Å²) in [5.41, 5.74) is 2.89. The minimum atomic E-state index is -4.63. The molecular formula is C23H22N4O7P2. The van der Waals surface area contributed by atoms with Gasteiger partial charge in [0.2, 0.25) is 0 Å². The first-order chi connectivity index (χ1) is 17.2. The maximum Gasteiger partial charge on any atom is 0.439 e. The average Bonchev–Trinajstić information content (AvgIpc) is 3.31. The molecule has 2 heterocycles. The number of pyridine rings is 1. The van der Waals surface area contributed by atoms with Crippen molar-refractivity contribution in [3.8, 4) is 17.1 Å². The second-order valence-corrected chi connectivity index (χ2v) is 10.1. The molecule has 2 aromatic carbocycles. The van der Waals surface area contributed by atoms with Gasteiger partial charge < -0.3 is 23.9 Å². The van der Waals surface area contributed by atoms with E-state index in [9.17, 15) is 23.8 Å². The van der Waals surface area contributed by atoms with E-state index in [2.05, 4.69) is 15.2 Å². The predicted molar refractivity (Wildman–Crippen MR) is 131 cm³/mol. The largest absolute Gasteiger partial charge is 0.573 e. The Labute approximate surface area is 207 Å². The van der Waals surface area contributed by atoms with E-state index in [1.165, 1.54) is 12.1 Å². The van der Waals surface area contributed by atoms with Crippen molar-refractivity contribution in [2.75, 3.05) is 16.8 Å². The normalized spacial score (nSPS) is 11.7. The molecule has 4 aromatic rings. The Morgan fingerprint density at radius 2 is 1.81 bits per heavy atom. The fourth-order valence-corrected chi connectivity index (χ4v) is 4.03. The summed E-state index contributed by atoms with van der Waals surface area (Å²) >= 11 is 0. The summed E-state index contributed by atoms with van der Waals surface area (Å²) < 4.78 is 34.7. The van der Waals surface area contributed by atoms with E-state index in [-0.39, 0.29) is 23.0 Å². The maximum absolute atomic E-state index is 11.5. The second kappa shape index (κ2) is 11.0. The summed E-state index contributed by atoms with van der Waals surface area (Å²) in [6.45, 7) is 0.467. The first kappa shape index (κ1) is 25.5. The Morgan fingerprint density at radius 3 is 2.47 bits per heavy atom. The number of nitrogens with zero attached hydrogens (tertiary/aromatic N) is 3. The zero-order valence-corrected chi connectivity index (χ0v) is 20.8. The van der Waals surface area contributed by atoms with Gasteiger partial charge in [-0.15, -0.1) is 0 Å². The molecule has 0 saturated heterocycles. The van der Waals surface area contributed by atoms with E-state index in [4.69, 9.17) is 9.26 Å². The SMILES string of the molecule is CN(c1ccc(-c2cc(Cc3ccc(OCc4ccccc4)cc3)no2)c(N[P+](=O)[O-])n1)P(=O)(O)O. The van der Waals surface area contributed by atoms with Gasteiger partial charge >= 0.3 is 15.9 Å². The average molecular weight is 528 g/mol. The number of anilines is 2. The molecule has 36 heavy (non-hydrogen) atoms. The molecule has 186 valence electrons. The highest BCUT2D eigenvalue weighted by atomic mass is 31.2. The Hall–Kier alpha value is -3.59. The topological polar surface area (TPSA) is 161 Å². The molecule has 0 aliphatic heterocycles. The van der Waals surface area contributed by atoms with Crippen molar-refractivity contribution in [3.63, 3.8) is 0 Å².